The maximum atomic E-state index is 11.3. The summed E-state index contributed by atoms with van der Waals surface area (Å²) in [5.41, 5.74) is 0. The van der Waals surface area contributed by atoms with Crippen LogP contribution in [-0.4, -0.2) is 28.7 Å². The quantitative estimate of drug-likeness (QED) is 0.484. The van der Waals surface area contributed by atoms with E-state index in [9.17, 15) is 4.79 Å². The minimum atomic E-state index is -0.461. The first kappa shape index (κ1) is 13.2. The van der Waals surface area contributed by atoms with Gasteiger partial charge in [0, 0.05) is 0 Å². The minimum Gasteiger partial charge on any atom is -0.449 e. The number of hydrogen-bond donors (Lipinski definition) is 1. The lowest BCUT2D eigenvalue weighted by atomic mass is 10.4. The first-order valence-electron chi connectivity index (χ1n) is 5.16. The van der Waals surface area contributed by atoms with Crippen LogP contribution >= 0.6 is 23.1 Å². The zero-order valence-electron chi connectivity index (χ0n) is 9.36. The van der Waals surface area contributed by atoms with Gasteiger partial charge in [-0.05, 0) is 12.2 Å². The molecule has 0 saturated carbocycles. The van der Waals surface area contributed by atoms with Crippen molar-refractivity contribution in [3.05, 3.63) is 0 Å². The Morgan fingerprint density at radius 2 is 2.31 bits per heavy atom. The molecule has 1 N–H and O–H groups in total. The molecule has 0 unspecified atom stereocenters. The van der Waals surface area contributed by atoms with Crippen LogP contribution in [0.2, 0.25) is 0 Å². The summed E-state index contributed by atoms with van der Waals surface area (Å²) in [5.74, 6) is 0.940. The fourth-order valence-corrected chi connectivity index (χ4v) is 2.51. The highest BCUT2D eigenvalue weighted by Gasteiger charge is 2.08. The first-order valence-corrected chi connectivity index (χ1v) is 6.96. The van der Waals surface area contributed by atoms with Gasteiger partial charge in [0.15, 0.2) is 4.34 Å². The molecule has 0 spiro atoms. The van der Waals surface area contributed by atoms with Crippen molar-refractivity contribution in [2.24, 2.45) is 0 Å². The van der Waals surface area contributed by atoms with Gasteiger partial charge < -0.3 is 4.74 Å². The summed E-state index contributed by atoms with van der Waals surface area (Å²) < 4.78 is 5.79. The Hall–Kier alpha value is -0.820. The number of amides is 1. The second-order valence-electron chi connectivity index (χ2n) is 2.92. The van der Waals surface area contributed by atoms with E-state index < -0.39 is 6.09 Å². The molecule has 5 nitrogen and oxygen atoms in total. The van der Waals surface area contributed by atoms with Gasteiger partial charge in [-0.3, -0.25) is 5.32 Å². The average Bonchev–Trinajstić information content (AvgIpc) is 2.66. The maximum Gasteiger partial charge on any atom is 0.413 e. The summed E-state index contributed by atoms with van der Waals surface area (Å²) in [6, 6.07) is 0. The van der Waals surface area contributed by atoms with Crippen LogP contribution < -0.4 is 5.32 Å². The molecule has 16 heavy (non-hydrogen) atoms. The minimum absolute atomic E-state index is 0.442. The van der Waals surface area contributed by atoms with Crippen LogP contribution in [0.1, 0.15) is 26.7 Å². The van der Waals surface area contributed by atoms with Gasteiger partial charge in [-0.2, -0.15) is 0 Å². The molecular formula is C9H15N3O2S2. The van der Waals surface area contributed by atoms with Crippen molar-refractivity contribution < 1.29 is 9.53 Å². The van der Waals surface area contributed by atoms with E-state index in [4.69, 9.17) is 4.74 Å². The Balaban J connectivity index is 2.31. The highest BCUT2D eigenvalue weighted by Crippen LogP contribution is 2.24. The van der Waals surface area contributed by atoms with E-state index in [0.717, 1.165) is 22.9 Å². The number of carbonyl (C=O) groups excluding carboxylic acids is 1. The summed E-state index contributed by atoms with van der Waals surface area (Å²) in [5, 5.41) is 10.8. The van der Waals surface area contributed by atoms with Gasteiger partial charge >= 0.3 is 6.09 Å². The van der Waals surface area contributed by atoms with Gasteiger partial charge in [-0.25, -0.2) is 4.79 Å². The molecule has 0 aliphatic carbocycles. The van der Waals surface area contributed by atoms with Gasteiger partial charge in [-0.1, -0.05) is 43.4 Å². The summed E-state index contributed by atoms with van der Waals surface area (Å²) in [4.78, 5) is 11.3. The Bertz CT molecular complexity index is 330. The lowest BCUT2D eigenvalue weighted by molar-refractivity contribution is 0.160. The van der Waals surface area contributed by atoms with Crippen molar-refractivity contribution in [3.8, 4) is 0 Å². The number of unbranched alkanes of at least 4 members (excludes halogenated alkanes) is 1. The Morgan fingerprint density at radius 1 is 1.50 bits per heavy atom. The van der Waals surface area contributed by atoms with Crippen molar-refractivity contribution in [2.45, 2.75) is 31.0 Å². The number of nitrogens with zero attached hydrogens (tertiary/aromatic N) is 2. The highest BCUT2D eigenvalue weighted by molar-refractivity contribution is 8.01. The third-order valence-corrected chi connectivity index (χ3v) is 3.47. The Labute approximate surface area is 103 Å². The largest absolute Gasteiger partial charge is 0.449 e. The molecule has 0 aromatic carbocycles. The molecule has 1 aromatic rings. The average molecular weight is 261 g/mol. The lowest BCUT2D eigenvalue weighted by Gasteiger charge is -2.02. The Morgan fingerprint density at radius 3 is 3.00 bits per heavy atom. The summed E-state index contributed by atoms with van der Waals surface area (Å²) in [6.45, 7) is 4.52. The van der Waals surface area contributed by atoms with Crippen LogP contribution in [0.3, 0.4) is 0 Å². The number of aromatic nitrogens is 2. The molecule has 0 aliphatic heterocycles. The topological polar surface area (TPSA) is 64.1 Å². The molecule has 7 heteroatoms. The number of rotatable bonds is 6. The number of nitrogens with one attached hydrogen (secondary N) is 1. The van der Waals surface area contributed by atoms with Crippen molar-refractivity contribution in [3.63, 3.8) is 0 Å². The number of carbonyl (C=O) groups is 1. The first-order chi connectivity index (χ1) is 7.76. The third-order valence-electron chi connectivity index (χ3n) is 1.61. The highest BCUT2D eigenvalue weighted by atomic mass is 32.2. The number of thioether (sulfide) groups is 1. The molecule has 0 fully saturated rings. The number of ether oxygens (including phenoxy) is 1. The fourth-order valence-electron chi connectivity index (χ4n) is 0.875. The van der Waals surface area contributed by atoms with Crippen LogP contribution in [0.15, 0.2) is 4.34 Å². The normalized spacial score (nSPS) is 10.1. The van der Waals surface area contributed by atoms with Crippen molar-refractivity contribution in [1.29, 1.82) is 0 Å². The molecule has 0 atom stereocenters. The molecular weight excluding hydrogens is 246 g/mol. The van der Waals surface area contributed by atoms with Crippen molar-refractivity contribution in [2.75, 3.05) is 17.7 Å². The Kier molecular flexibility index (Phi) is 6.17. The van der Waals surface area contributed by atoms with Gasteiger partial charge in [0.1, 0.15) is 0 Å². The smallest absolute Gasteiger partial charge is 0.413 e. The number of hydrogen-bond acceptors (Lipinski definition) is 6. The van der Waals surface area contributed by atoms with E-state index in [1.165, 1.54) is 11.3 Å². The fraction of sp³-hybridized carbons (Fsp3) is 0.667. The van der Waals surface area contributed by atoms with E-state index in [2.05, 4.69) is 15.5 Å². The SMILES string of the molecule is CCCCOC(=O)Nc1nnc(SCC)s1. The van der Waals surface area contributed by atoms with Crippen LogP contribution in [0, 0.1) is 0 Å². The maximum absolute atomic E-state index is 11.3. The van der Waals surface area contributed by atoms with Gasteiger partial charge in [-0.15, -0.1) is 10.2 Å². The molecule has 0 saturated heterocycles. The second kappa shape index (κ2) is 7.45. The predicted octanol–water partition coefficient (Wildman–Crippen LogP) is 3.00. The van der Waals surface area contributed by atoms with E-state index in [0.29, 0.717) is 11.7 Å². The van der Waals surface area contributed by atoms with E-state index in [1.54, 1.807) is 11.8 Å². The van der Waals surface area contributed by atoms with Gasteiger partial charge in [0.2, 0.25) is 5.13 Å². The van der Waals surface area contributed by atoms with Crippen molar-refractivity contribution in [1.82, 2.24) is 10.2 Å². The molecule has 1 rings (SSSR count). The van der Waals surface area contributed by atoms with E-state index >= 15 is 0 Å². The van der Waals surface area contributed by atoms with Crippen molar-refractivity contribution >= 4 is 34.3 Å². The third kappa shape index (κ3) is 4.80. The van der Waals surface area contributed by atoms with Gasteiger partial charge in [0.05, 0.1) is 6.61 Å². The molecule has 1 heterocycles. The summed E-state index contributed by atoms with van der Waals surface area (Å²) in [7, 11) is 0. The predicted molar refractivity (Wildman–Crippen MR) is 66.2 cm³/mol. The van der Waals surface area contributed by atoms with Crippen LogP contribution in [-0.2, 0) is 4.74 Å². The van der Waals surface area contributed by atoms with E-state index in [-0.39, 0.29) is 0 Å². The molecule has 1 aromatic heterocycles. The van der Waals surface area contributed by atoms with Crippen LogP contribution in [0.5, 0.6) is 0 Å². The zero-order valence-corrected chi connectivity index (χ0v) is 11.0. The molecule has 0 radical (unpaired) electrons. The lowest BCUT2D eigenvalue weighted by Crippen LogP contribution is -2.14. The summed E-state index contributed by atoms with van der Waals surface area (Å²) in [6.07, 6.45) is 1.42. The van der Waals surface area contributed by atoms with E-state index in [1.807, 2.05) is 13.8 Å². The zero-order chi connectivity index (χ0) is 11.8. The monoisotopic (exact) mass is 261 g/mol. The molecule has 0 bridgehead atoms. The summed E-state index contributed by atoms with van der Waals surface area (Å²) >= 11 is 2.95. The molecule has 1 amide bonds. The number of anilines is 1. The van der Waals surface area contributed by atoms with Gasteiger partial charge in [0.25, 0.3) is 0 Å². The van der Waals surface area contributed by atoms with Crippen LogP contribution in [0.4, 0.5) is 9.93 Å². The van der Waals surface area contributed by atoms with Crippen LogP contribution in [0.25, 0.3) is 0 Å². The molecule has 90 valence electrons. The second-order valence-corrected chi connectivity index (χ2v) is 5.41. The molecule has 0 aliphatic rings. The standard InChI is InChI=1S/C9H15N3O2S2/c1-3-5-6-14-8(13)10-7-11-12-9(16-7)15-4-2/h3-6H2,1-2H3,(H,10,11,13).